The molecule has 0 fully saturated rings. The predicted octanol–water partition coefficient (Wildman–Crippen LogP) is 2.46. The third kappa shape index (κ3) is 4.24. The molecule has 1 atom stereocenters. The van der Waals surface area contributed by atoms with E-state index < -0.39 is 0 Å². The van der Waals surface area contributed by atoms with Crippen LogP contribution in [0.2, 0.25) is 0 Å². The van der Waals surface area contributed by atoms with Crippen LogP contribution in [0.3, 0.4) is 0 Å². The van der Waals surface area contributed by atoms with Gasteiger partial charge >= 0.3 is 0 Å². The number of pyridine rings is 1. The summed E-state index contributed by atoms with van der Waals surface area (Å²) >= 11 is 0. The molecule has 0 aliphatic heterocycles. The van der Waals surface area contributed by atoms with Crippen molar-refractivity contribution in [1.29, 1.82) is 0 Å². The minimum absolute atomic E-state index is 0.154. The Labute approximate surface area is 120 Å². The van der Waals surface area contributed by atoms with Crippen LogP contribution in [0.5, 0.6) is 5.88 Å². The van der Waals surface area contributed by atoms with Gasteiger partial charge < -0.3 is 15.8 Å². The van der Waals surface area contributed by atoms with Crippen LogP contribution in [-0.4, -0.2) is 24.2 Å². The smallest absolute Gasteiger partial charge is 0.215 e. The monoisotopic (exact) mass is 271 g/mol. The van der Waals surface area contributed by atoms with Crippen molar-refractivity contribution in [3.63, 3.8) is 0 Å². The number of ether oxygens (including phenoxy) is 1. The number of anilines is 1. The molecule has 0 spiro atoms. The van der Waals surface area contributed by atoms with Crippen LogP contribution in [0.1, 0.15) is 12.5 Å². The lowest BCUT2D eigenvalue weighted by Gasteiger charge is -2.18. The minimum Gasteiger partial charge on any atom is -0.478 e. The molecule has 1 aromatic heterocycles. The summed E-state index contributed by atoms with van der Waals surface area (Å²) in [6, 6.07) is 16.2. The van der Waals surface area contributed by atoms with Crippen molar-refractivity contribution in [2.75, 3.05) is 18.5 Å². The van der Waals surface area contributed by atoms with Crippen molar-refractivity contribution in [3.05, 3.63) is 54.1 Å². The van der Waals surface area contributed by atoms with Gasteiger partial charge in [0, 0.05) is 18.7 Å². The van der Waals surface area contributed by atoms with Gasteiger partial charge in [0.05, 0.1) is 6.61 Å². The predicted molar refractivity (Wildman–Crippen MR) is 82.0 cm³/mol. The van der Waals surface area contributed by atoms with Crippen molar-refractivity contribution in [1.82, 2.24) is 4.98 Å². The lowest BCUT2D eigenvalue weighted by Crippen LogP contribution is -2.31. The number of rotatable bonds is 7. The van der Waals surface area contributed by atoms with Gasteiger partial charge in [-0.3, -0.25) is 0 Å². The van der Waals surface area contributed by atoms with Crippen LogP contribution in [0.25, 0.3) is 0 Å². The number of nitrogens with zero attached hydrogens (tertiary/aromatic N) is 1. The fourth-order valence-corrected chi connectivity index (χ4v) is 2.02. The Morgan fingerprint density at radius 2 is 1.95 bits per heavy atom. The summed E-state index contributed by atoms with van der Waals surface area (Å²) < 4.78 is 5.40. The van der Waals surface area contributed by atoms with E-state index in [9.17, 15) is 0 Å². The second-order valence-corrected chi connectivity index (χ2v) is 4.56. The molecule has 0 amide bonds. The topological polar surface area (TPSA) is 60.2 Å². The maximum Gasteiger partial charge on any atom is 0.215 e. The molecular weight excluding hydrogens is 250 g/mol. The normalized spacial score (nSPS) is 11.9. The highest BCUT2D eigenvalue weighted by atomic mass is 16.5. The number of benzene rings is 1. The Hall–Kier alpha value is -2.07. The van der Waals surface area contributed by atoms with Crippen LogP contribution < -0.4 is 15.8 Å². The molecule has 20 heavy (non-hydrogen) atoms. The van der Waals surface area contributed by atoms with E-state index in [4.69, 9.17) is 10.5 Å². The van der Waals surface area contributed by atoms with E-state index in [-0.39, 0.29) is 6.04 Å². The van der Waals surface area contributed by atoms with Crippen LogP contribution in [0, 0.1) is 0 Å². The molecule has 4 nitrogen and oxygen atoms in total. The van der Waals surface area contributed by atoms with Gasteiger partial charge in [0.15, 0.2) is 0 Å². The lowest BCUT2D eigenvalue weighted by molar-refractivity contribution is 0.327. The molecule has 106 valence electrons. The summed E-state index contributed by atoms with van der Waals surface area (Å²) in [5.74, 6) is 1.43. The van der Waals surface area contributed by atoms with E-state index in [1.807, 2.05) is 43.3 Å². The van der Waals surface area contributed by atoms with E-state index in [1.54, 1.807) is 0 Å². The number of nitrogens with two attached hydrogens (primary N) is 1. The molecule has 0 bridgehead atoms. The van der Waals surface area contributed by atoms with Crippen molar-refractivity contribution < 1.29 is 4.74 Å². The second-order valence-electron chi connectivity index (χ2n) is 4.56. The van der Waals surface area contributed by atoms with Crippen molar-refractivity contribution in [3.8, 4) is 5.88 Å². The number of nitrogens with one attached hydrogen (secondary N) is 1. The Morgan fingerprint density at radius 1 is 1.15 bits per heavy atom. The highest BCUT2D eigenvalue weighted by molar-refractivity contribution is 5.38. The summed E-state index contributed by atoms with van der Waals surface area (Å²) in [6.07, 6.45) is 0.873. The van der Waals surface area contributed by atoms with Gasteiger partial charge in [0.25, 0.3) is 0 Å². The highest BCUT2D eigenvalue weighted by Gasteiger charge is 2.08. The minimum atomic E-state index is 0.154. The summed E-state index contributed by atoms with van der Waals surface area (Å²) in [6.45, 7) is 3.11. The average molecular weight is 271 g/mol. The fraction of sp³-hybridized carbons (Fsp3) is 0.312. The van der Waals surface area contributed by atoms with Gasteiger partial charge in [-0.05, 0) is 25.0 Å². The zero-order chi connectivity index (χ0) is 14.2. The van der Waals surface area contributed by atoms with Gasteiger partial charge in [0.2, 0.25) is 5.88 Å². The zero-order valence-corrected chi connectivity index (χ0v) is 11.8. The van der Waals surface area contributed by atoms with Gasteiger partial charge in [-0.1, -0.05) is 36.4 Å². The Balaban J connectivity index is 2.00. The maximum absolute atomic E-state index is 5.84. The summed E-state index contributed by atoms with van der Waals surface area (Å²) in [7, 11) is 0. The maximum atomic E-state index is 5.84. The number of aromatic nitrogens is 1. The largest absolute Gasteiger partial charge is 0.478 e. The lowest BCUT2D eigenvalue weighted by atomic mass is 10.1. The molecule has 1 heterocycles. The number of hydrogen-bond donors (Lipinski definition) is 2. The molecule has 2 rings (SSSR count). The average Bonchev–Trinajstić information content (AvgIpc) is 2.48. The van der Waals surface area contributed by atoms with Crippen LogP contribution in [0.4, 0.5) is 5.82 Å². The molecule has 1 aromatic carbocycles. The molecule has 4 heteroatoms. The molecule has 1 unspecified atom stereocenters. The molecule has 0 saturated carbocycles. The summed E-state index contributed by atoms with van der Waals surface area (Å²) in [5, 5.41) is 3.36. The highest BCUT2D eigenvalue weighted by Crippen LogP contribution is 2.13. The van der Waals surface area contributed by atoms with Crippen molar-refractivity contribution >= 4 is 5.82 Å². The first kappa shape index (κ1) is 14.3. The standard InChI is InChI=1S/C16H21N3O/c1-2-20-16-10-6-9-15(19-16)18-14(12-17)11-13-7-4-3-5-8-13/h3-10,14H,2,11-12,17H2,1H3,(H,18,19). The van der Waals surface area contributed by atoms with E-state index in [0.717, 1.165) is 12.2 Å². The molecule has 0 radical (unpaired) electrons. The SMILES string of the molecule is CCOc1cccc(NC(CN)Cc2ccccc2)n1. The van der Waals surface area contributed by atoms with E-state index in [2.05, 4.69) is 22.4 Å². The molecule has 3 N–H and O–H groups in total. The van der Waals surface area contributed by atoms with Crippen LogP contribution in [-0.2, 0) is 6.42 Å². The Bertz CT molecular complexity index is 516. The summed E-state index contributed by atoms with van der Waals surface area (Å²) in [4.78, 5) is 4.40. The third-order valence-corrected chi connectivity index (χ3v) is 2.98. The van der Waals surface area contributed by atoms with E-state index in [0.29, 0.717) is 19.0 Å². The quantitative estimate of drug-likeness (QED) is 0.812. The molecular formula is C16H21N3O. The van der Waals surface area contributed by atoms with Crippen molar-refractivity contribution in [2.45, 2.75) is 19.4 Å². The molecule has 0 saturated heterocycles. The van der Waals surface area contributed by atoms with E-state index in [1.165, 1.54) is 5.56 Å². The van der Waals surface area contributed by atoms with Crippen LogP contribution >= 0.6 is 0 Å². The molecule has 0 aliphatic rings. The summed E-state index contributed by atoms with van der Waals surface area (Å²) in [5.41, 5.74) is 7.10. The zero-order valence-electron chi connectivity index (χ0n) is 11.8. The Morgan fingerprint density at radius 3 is 2.65 bits per heavy atom. The Kier molecular flexibility index (Phi) is 5.38. The van der Waals surface area contributed by atoms with Crippen LogP contribution in [0.15, 0.2) is 48.5 Å². The third-order valence-electron chi connectivity index (χ3n) is 2.98. The van der Waals surface area contributed by atoms with Gasteiger partial charge in [-0.25, -0.2) is 0 Å². The first-order valence-electron chi connectivity index (χ1n) is 6.92. The molecule has 0 aliphatic carbocycles. The fourth-order valence-electron chi connectivity index (χ4n) is 2.02. The first-order valence-corrected chi connectivity index (χ1v) is 6.92. The first-order chi connectivity index (χ1) is 9.81. The van der Waals surface area contributed by atoms with Gasteiger partial charge in [0.1, 0.15) is 5.82 Å². The van der Waals surface area contributed by atoms with Gasteiger partial charge in [-0.15, -0.1) is 0 Å². The number of hydrogen-bond acceptors (Lipinski definition) is 4. The van der Waals surface area contributed by atoms with Gasteiger partial charge in [-0.2, -0.15) is 4.98 Å². The second kappa shape index (κ2) is 7.50. The van der Waals surface area contributed by atoms with Crippen molar-refractivity contribution in [2.24, 2.45) is 5.73 Å². The molecule has 2 aromatic rings. The van der Waals surface area contributed by atoms with E-state index >= 15 is 0 Å².